The monoisotopic (exact) mass is 213 g/mol. The van der Waals surface area contributed by atoms with Gasteiger partial charge in [-0.25, -0.2) is 4.39 Å². The molecule has 14 heavy (non-hydrogen) atoms. The molecule has 0 bridgehead atoms. The van der Waals surface area contributed by atoms with Gasteiger partial charge in [-0.2, -0.15) is 0 Å². The normalized spacial score (nSPS) is 21.4. The Balaban J connectivity index is 2.05. The topological polar surface area (TPSA) is 35.2 Å². The van der Waals surface area contributed by atoms with Crippen LogP contribution in [0.5, 0.6) is 0 Å². The summed E-state index contributed by atoms with van der Waals surface area (Å²) in [4.78, 5) is 0.923. The van der Waals surface area contributed by atoms with Crippen LogP contribution in [0.3, 0.4) is 0 Å². The Labute approximate surface area is 86.6 Å². The van der Waals surface area contributed by atoms with Crippen molar-refractivity contribution in [2.45, 2.75) is 16.6 Å². The number of anilines is 1. The average molecular weight is 213 g/mol. The fraction of sp³-hybridized carbons (Fsp3) is 0.400. The third kappa shape index (κ3) is 2.19. The lowest BCUT2D eigenvalue weighted by atomic mass is 10.3. The van der Waals surface area contributed by atoms with Gasteiger partial charge in [-0.3, -0.25) is 0 Å². The molecule has 0 saturated carbocycles. The molecule has 4 heteroatoms. The molecular weight excluding hydrogens is 201 g/mol. The number of hydrogen-bond donors (Lipinski definition) is 1. The fourth-order valence-electron chi connectivity index (χ4n) is 1.38. The standard InChI is InChI=1S/C10H12FNOS/c11-9-5-7(1-2-10(9)12)14-8-3-4-13-6-8/h1-2,5,8H,3-4,6,12H2. The van der Waals surface area contributed by atoms with Gasteiger partial charge in [0.05, 0.1) is 12.3 Å². The summed E-state index contributed by atoms with van der Waals surface area (Å²) in [6.45, 7) is 1.58. The van der Waals surface area contributed by atoms with Crippen molar-refractivity contribution in [1.82, 2.24) is 0 Å². The maximum atomic E-state index is 13.1. The first-order valence-corrected chi connectivity index (χ1v) is 5.43. The van der Waals surface area contributed by atoms with E-state index in [2.05, 4.69) is 0 Å². The van der Waals surface area contributed by atoms with Gasteiger partial charge < -0.3 is 10.5 Å². The van der Waals surface area contributed by atoms with E-state index in [0.29, 0.717) is 5.25 Å². The van der Waals surface area contributed by atoms with E-state index in [1.165, 1.54) is 6.07 Å². The predicted molar refractivity (Wildman–Crippen MR) is 55.9 cm³/mol. The van der Waals surface area contributed by atoms with Crippen LogP contribution in [-0.4, -0.2) is 18.5 Å². The molecule has 1 heterocycles. The summed E-state index contributed by atoms with van der Waals surface area (Å²) in [5.74, 6) is -0.339. The second kappa shape index (κ2) is 4.19. The van der Waals surface area contributed by atoms with Crippen LogP contribution >= 0.6 is 11.8 Å². The molecule has 1 aromatic rings. The van der Waals surface area contributed by atoms with E-state index in [9.17, 15) is 4.39 Å². The number of hydrogen-bond acceptors (Lipinski definition) is 3. The maximum absolute atomic E-state index is 13.1. The summed E-state index contributed by atoms with van der Waals surface area (Å²) < 4.78 is 18.3. The SMILES string of the molecule is Nc1ccc(SC2CCOC2)cc1F. The molecule has 0 spiro atoms. The minimum absolute atomic E-state index is 0.206. The number of thioether (sulfide) groups is 1. The highest BCUT2D eigenvalue weighted by Crippen LogP contribution is 2.29. The summed E-state index contributed by atoms with van der Waals surface area (Å²) >= 11 is 1.65. The molecule has 0 radical (unpaired) electrons. The van der Waals surface area contributed by atoms with E-state index in [1.807, 2.05) is 6.07 Å². The molecule has 1 aliphatic heterocycles. The van der Waals surface area contributed by atoms with Gasteiger partial charge >= 0.3 is 0 Å². The molecule has 1 aromatic carbocycles. The number of nitrogen functional groups attached to an aromatic ring is 1. The van der Waals surface area contributed by atoms with E-state index in [4.69, 9.17) is 10.5 Å². The highest BCUT2D eigenvalue weighted by Gasteiger charge is 2.17. The number of benzene rings is 1. The van der Waals surface area contributed by atoms with E-state index in [-0.39, 0.29) is 11.5 Å². The largest absolute Gasteiger partial charge is 0.396 e. The maximum Gasteiger partial charge on any atom is 0.147 e. The second-order valence-corrected chi connectivity index (χ2v) is 4.66. The number of rotatable bonds is 2. The van der Waals surface area contributed by atoms with Crippen molar-refractivity contribution in [3.8, 4) is 0 Å². The molecule has 0 aliphatic carbocycles. The van der Waals surface area contributed by atoms with Crippen LogP contribution in [0.25, 0.3) is 0 Å². The van der Waals surface area contributed by atoms with Gasteiger partial charge in [0.2, 0.25) is 0 Å². The van der Waals surface area contributed by atoms with E-state index in [1.54, 1.807) is 17.8 Å². The van der Waals surface area contributed by atoms with Gasteiger partial charge in [0.25, 0.3) is 0 Å². The quantitative estimate of drug-likeness (QED) is 0.765. The molecule has 1 fully saturated rings. The highest BCUT2D eigenvalue weighted by atomic mass is 32.2. The number of nitrogens with two attached hydrogens (primary N) is 1. The Morgan fingerprint density at radius 2 is 2.36 bits per heavy atom. The van der Waals surface area contributed by atoms with Crippen molar-refractivity contribution in [2.24, 2.45) is 0 Å². The Morgan fingerprint density at radius 1 is 1.50 bits per heavy atom. The predicted octanol–water partition coefficient (Wildman–Crippen LogP) is 2.29. The lowest BCUT2D eigenvalue weighted by molar-refractivity contribution is 0.199. The minimum Gasteiger partial charge on any atom is -0.396 e. The number of halogens is 1. The minimum atomic E-state index is -0.339. The molecule has 76 valence electrons. The zero-order valence-corrected chi connectivity index (χ0v) is 8.52. The van der Waals surface area contributed by atoms with Gasteiger partial charge in [0.1, 0.15) is 5.82 Å². The van der Waals surface area contributed by atoms with Crippen molar-refractivity contribution >= 4 is 17.4 Å². The summed E-state index contributed by atoms with van der Waals surface area (Å²) in [5, 5.41) is 0.457. The van der Waals surface area contributed by atoms with Gasteiger partial charge in [-0.15, -0.1) is 11.8 Å². The van der Waals surface area contributed by atoms with Crippen LogP contribution in [0, 0.1) is 5.82 Å². The summed E-state index contributed by atoms with van der Waals surface area (Å²) in [5.41, 5.74) is 5.59. The number of ether oxygens (including phenoxy) is 1. The zero-order valence-electron chi connectivity index (χ0n) is 7.70. The van der Waals surface area contributed by atoms with E-state index >= 15 is 0 Å². The first kappa shape index (κ1) is 9.80. The van der Waals surface area contributed by atoms with Gasteiger partial charge in [0.15, 0.2) is 0 Å². The molecule has 2 rings (SSSR count). The lowest BCUT2D eigenvalue weighted by Gasteiger charge is -2.07. The molecular formula is C10H12FNOS. The van der Waals surface area contributed by atoms with Crippen LogP contribution < -0.4 is 5.73 Å². The Morgan fingerprint density at radius 3 is 3.00 bits per heavy atom. The van der Waals surface area contributed by atoms with Crippen molar-refractivity contribution in [3.05, 3.63) is 24.0 Å². The lowest BCUT2D eigenvalue weighted by Crippen LogP contribution is -2.00. The summed E-state index contributed by atoms with van der Waals surface area (Å²) in [6.07, 6.45) is 1.04. The van der Waals surface area contributed by atoms with Crippen molar-refractivity contribution in [2.75, 3.05) is 18.9 Å². The first-order chi connectivity index (χ1) is 6.75. The molecule has 2 N–H and O–H groups in total. The Kier molecular flexibility index (Phi) is 2.93. The molecule has 2 nitrogen and oxygen atoms in total. The van der Waals surface area contributed by atoms with Gasteiger partial charge in [0, 0.05) is 16.8 Å². The molecule has 1 unspecified atom stereocenters. The Hall–Kier alpha value is -0.740. The van der Waals surface area contributed by atoms with Crippen LogP contribution in [0.15, 0.2) is 23.1 Å². The van der Waals surface area contributed by atoms with Crippen LogP contribution in [0.4, 0.5) is 10.1 Å². The van der Waals surface area contributed by atoms with Crippen molar-refractivity contribution in [3.63, 3.8) is 0 Å². The van der Waals surface area contributed by atoms with E-state index in [0.717, 1.165) is 24.5 Å². The van der Waals surface area contributed by atoms with Crippen LogP contribution in [-0.2, 0) is 4.74 Å². The molecule has 1 aliphatic rings. The highest BCUT2D eigenvalue weighted by molar-refractivity contribution is 8.00. The summed E-state index contributed by atoms with van der Waals surface area (Å²) in [7, 11) is 0. The van der Waals surface area contributed by atoms with Gasteiger partial charge in [-0.05, 0) is 24.6 Å². The molecule has 1 saturated heterocycles. The first-order valence-electron chi connectivity index (χ1n) is 4.55. The molecule has 0 amide bonds. The molecule has 1 atom stereocenters. The van der Waals surface area contributed by atoms with Crippen molar-refractivity contribution in [1.29, 1.82) is 0 Å². The second-order valence-electron chi connectivity index (χ2n) is 3.29. The van der Waals surface area contributed by atoms with E-state index < -0.39 is 0 Å². The van der Waals surface area contributed by atoms with Gasteiger partial charge in [-0.1, -0.05) is 0 Å². The van der Waals surface area contributed by atoms with Crippen molar-refractivity contribution < 1.29 is 9.13 Å². The van der Waals surface area contributed by atoms with Crippen LogP contribution in [0.1, 0.15) is 6.42 Å². The van der Waals surface area contributed by atoms with Crippen LogP contribution in [0.2, 0.25) is 0 Å². The third-order valence-corrected chi connectivity index (χ3v) is 3.39. The fourth-order valence-corrected chi connectivity index (χ4v) is 2.46. The third-order valence-electron chi connectivity index (χ3n) is 2.16. The summed E-state index contributed by atoms with van der Waals surface area (Å²) in [6, 6.07) is 4.94. The Bertz CT molecular complexity index is 326. The smallest absolute Gasteiger partial charge is 0.147 e. The average Bonchev–Trinajstić information content (AvgIpc) is 2.64. The molecule has 0 aromatic heterocycles. The zero-order chi connectivity index (χ0) is 9.97.